The van der Waals surface area contributed by atoms with Crippen molar-refractivity contribution in [3.05, 3.63) is 95.6 Å². The second-order valence-electron chi connectivity index (χ2n) is 5.99. The third kappa shape index (κ3) is 5.21. The van der Waals surface area contributed by atoms with Gasteiger partial charge >= 0.3 is 0 Å². The number of anilines is 2. The first kappa shape index (κ1) is 18.7. The first-order valence-corrected chi connectivity index (χ1v) is 9.91. The zero-order chi connectivity index (χ0) is 19.1. The second kappa shape index (κ2) is 9.05. The van der Waals surface area contributed by atoms with E-state index in [0.717, 1.165) is 5.75 Å². The Bertz CT molecular complexity index is 925. The molecular weight excluding hydrogens is 356 g/mol. The van der Waals surface area contributed by atoms with Crippen LogP contribution in [-0.2, 0) is 5.75 Å². The van der Waals surface area contributed by atoms with Crippen LogP contribution in [0.4, 0.5) is 11.4 Å². The molecule has 27 heavy (non-hydrogen) atoms. The van der Waals surface area contributed by atoms with Crippen molar-refractivity contribution in [3.8, 4) is 0 Å². The summed E-state index contributed by atoms with van der Waals surface area (Å²) < 4.78 is 0. The van der Waals surface area contributed by atoms with Crippen molar-refractivity contribution in [1.82, 2.24) is 0 Å². The zero-order valence-corrected chi connectivity index (χ0v) is 15.8. The Kier molecular flexibility index (Phi) is 6.28. The van der Waals surface area contributed by atoms with Crippen LogP contribution >= 0.6 is 11.8 Å². The number of thioether (sulfide) groups is 1. The van der Waals surface area contributed by atoms with Gasteiger partial charge in [0.1, 0.15) is 0 Å². The van der Waals surface area contributed by atoms with Gasteiger partial charge in [0, 0.05) is 28.3 Å². The molecule has 4 nitrogen and oxygen atoms in total. The van der Waals surface area contributed by atoms with E-state index in [1.807, 2.05) is 48.7 Å². The van der Waals surface area contributed by atoms with Crippen LogP contribution in [0, 0.1) is 0 Å². The number of carbonyl (C=O) groups is 2. The maximum atomic E-state index is 12.4. The van der Waals surface area contributed by atoms with Gasteiger partial charge in [0.15, 0.2) is 0 Å². The smallest absolute Gasteiger partial charge is 0.255 e. The van der Waals surface area contributed by atoms with E-state index in [-0.39, 0.29) is 11.8 Å². The van der Waals surface area contributed by atoms with Crippen molar-refractivity contribution in [2.75, 3.05) is 16.9 Å². The first-order chi connectivity index (χ1) is 13.2. The summed E-state index contributed by atoms with van der Waals surface area (Å²) in [5.74, 6) is 0.547. The van der Waals surface area contributed by atoms with Crippen molar-refractivity contribution < 1.29 is 9.59 Å². The van der Waals surface area contributed by atoms with Crippen molar-refractivity contribution in [2.24, 2.45) is 0 Å². The lowest BCUT2D eigenvalue weighted by molar-refractivity contribution is 0.101. The maximum Gasteiger partial charge on any atom is 0.255 e. The minimum absolute atomic E-state index is 0.183. The molecule has 3 aromatic rings. The molecule has 0 bridgehead atoms. The van der Waals surface area contributed by atoms with E-state index in [1.54, 1.807) is 48.2 Å². The molecule has 0 atom stereocenters. The quantitative estimate of drug-likeness (QED) is 0.633. The predicted octanol–water partition coefficient (Wildman–Crippen LogP) is 5.05. The van der Waals surface area contributed by atoms with Crippen LogP contribution in [-0.4, -0.2) is 18.1 Å². The standard InChI is InChI=1S/C22H20N2O2S/c1-27-15-16-10-12-18(13-11-16)22(26)24-20-9-5-8-19(14-20)23-21(25)17-6-3-2-4-7-17/h2-14H,15H2,1H3,(H,23,25)(H,24,26). The van der Waals surface area contributed by atoms with Crippen LogP contribution in [0.3, 0.4) is 0 Å². The molecule has 0 aliphatic carbocycles. The number of benzene rings is 3. The van der Waals surface area contributed by atoms with Gasteiger partial charge in [0.05, 0.1) is 0 Å². The number of nitrogens with one attached hydrogen (secondary N) is 2. The van der Waals surface area contributed by atoms with Crippen molar-refractivity contribution in [3.63, 3.8) is 0 Å². The highest BCUT2D eigenvalue weighted by Crippen LogP contribution is 2.18. The summed E-state index contributed by atoms with van der Waals surface area (Å²) in [6.07, 6.45) is 2.05. The fourth-order valence-corrected chi connectivity index (χ4v) is 3.12. The highest BCUT2D eigenvalue weighted by atomic mass is 32.2. The number of carbonyl (C=O) groups excluding carboxylic acids is 2. The van der Waals surface area contributed by atoms with Gasteiger partial charge in [-0.1, -0.05) is 36.4 Å². The molecule has 0 unspecified atom stereocenters. The van der Waals surface area contributed by atoms with Crippen molar-refractivity contribution in [1.29, 1.82) is 0 Å². The van der Waals surface area contributed by atoms with Crippen LogP contribution in [0.15, 0.2) is 78.9 Å². The summed E-state index contributed by atoms with van der Waals surface area (Å²) in [6.45, 7) is 0. The van der Waals surface area contributed by atoms with E-state index in [9.17, 15) is 9.59 Å². The Morgan fingerprint density at radius 3 is 1.85 bits per heavy atom. The van der Waals surface area contributed by atoms with Gasteiger partial charge in [-0.05, 0) is 54.3 Å². The number of amides is 2. The van der Waals surface area contributed by atoms with Crippen molar-refractivity contribution in [2.45, 2.75) is 5.75 Å². The highest BCUT2D eigenvalue weighted by Gasteiger charge is 2.08. The van der Waals surface area contributed by atoms with Crippen LogP contribution in [0.2, 0.25) is 0 Å². The monoisotopic (exact) mass is 376 g/mol. The molecule has 0 spiro atoms. The maximum absolute atomic E-state index is 12.4. The average molecular weight is 376 g/mol. The van der Waals surface area contributed by atoms with Gasteiger partial charge in [-0.25, -0.2) is 0 Å². The molecule has 3 aromatic carbocycles. The Morgan fingerprint density at radius 2 is 1.30 bits per heavy atom. The van der Waals surface area contributed by atoms with E-state index in [2.05, 4.69) is 10.6 Å². The molecule has 2 amide bonds. The Labute approximate surface area is 163 Å². The summed E-state index contributed by atoms with van der Waals surface area (Å²) in [5.41, 5.74) is 3.61. The summed E-state index contributed by atoms with van der Waals surface area (Å²) >= 11 is 1.74. The van der Waals surface area contributed by atoms with Gasteiger partial charge < -0.3 is 10.6 Å². The summed E-state index contributed by atoms with van der Waals surface area (Å²) in [6, 6.07) is 23.7. The van der Waals surface area contributed by atoms with Gasteiger partial charge in [-0.15, -0.1) is 0 Å². The number of hydrogen-bond acceptors (Lipinski definition) is 3. The number of hydrogen-bond donors (Lipinski definition) is 2. The molecule has 2 N–H and O–H groups in total. The largest absolute Gasteiger partial charge is 0.322 e. The Balaban J connectivity index is 1.66. The molecule has 0 aliphatic heterocycles. The van der Waals surface area contributed by atoms with E-state index in [1.165, 1.54) is 5.56 Å². The van der Waals surface area contributed by atoms with E-state index >= 15 is 0 Å². The van der Waals surface area contributed by atoms with Crippen LogP contribution in [0.1, 0.15) is 26.3 Å². The SMILES string of the molecule is CSCc1ccc(C(=O)Nc2cccc(NC(=O)c3ccccc3)c2)cc1. The molecule has 3 rings (SSSR count). The third-order valence-electron chi connectivity index (χ3n) is 3.94. The molecule has 0 radical (unpaired) electrons. The summed E-state index contributed by atoms with van der Waals surface area (Å²) in [7, 11) is 0. The molecule has 0 aromatic heterocycles. The Hall–Kier alpha value is -3.05. The third-order valence-corrected chi connectivity index (χ3v) is 4.56. The first-order valence-electron chi connectivity index (χ1n) is 8.51. The van der Waals surface area contributed by atoms with Crippen LogP contribution in [0.25, 0.3) is 0 Å². The van der Waals surface area contributed by atoms with E-state index < -0.39 is 0 Å². The molecule has 0 aliphatic rings. The molecular formula is C22H20N2O2S. The summed E-state index contributed by atoms with van der Waals surface area (Å²) in [5, 5.41) is 5.71. The van der Waals surface area contributed by atoms with Gasteiger partial charge in [-0.3, -0.25) is 9.59 Å². The Morgan fingerprint density at radius 1 is 0.741 bits per heavy atom. The zero-order valence-electron chi connectivity index (χ0n) is 14.9. The minimum Gasteiger partial charge on any atom is -0.322 e. The lowest BCUT2D eigenvalue weighted by Gasteiger charge is -2.09. The summed E-state index contributed by atoms with van der Waals surface area (Å²) in [4.78, 5) is 24.7. The average Bonchev–Trinajstić information content (AvgIpc) is 2.70. The normalized spacial score (nSPS) is 10.3. The van der Waals surface area contributed by atoms with E-state index in [0.29, 0.717) is 22.5 Å². The molecule has 0 fully saturated rings. The topological polar surface area (TPSA) is 58.2 Å². The van der Waals surface area contributed by atoms with Crippen LogP contribution in [0.5, 0.6) is 0 Å². The molecule has 5 heteroatoms. The fraction of sp³-hybridized carbons (Fsp3) is 0.0909. The lowest BCUT2D eigenvalue weighted by atomic mass is 10.1. The molecule has 0 saturated heterocycles. The molecule has 0 saturated carbocycles. The van der Waals surface area contributed by atoms with Crippen molar-refractivity contribution >= 4 is 35.0 Å². The van der Waals surface area contributed by atoms with Crippen LogP contribution < -0.4 is 10.6 Å². The van der Waals surface area contributed by atoms with E-state index in [4.69, 9.17) is 0 Å². The molecule has 136 valence electrons. The highest BCUT2D eigenvalue weighted by molar-refractivity contribution is 7.97. The molecule has 0 heterocycles. The lowest BCUT2D eigenvalue weighted by Crippen LogP contribution is -2.14. The minimum atomic E-state index is -0.191. The fourth-order valence-electron chi connectivity index (χ4n) is 2.59. The predicted molar refractivity (Wildman–Crippen MR) is 112 cm³/mol. The second-order valence-corrected chi connectivity index (χ2v) is 6.85. The van der Waals surface area contributed by atoms with Gasteiger partial charge in [0.25, 0.3) is 11.8 Å². The van der Waals surface area contributed by atoms with Gasteiger partial charge in [0.2, 0.25) is 0 Å². The van der Waals surface area contributed by atoms with Gasteiger partial charge in [-0.2, -0.15) is 11.8 Å². The number of rotatable bonds is 6.